The van der Waals surface area contributed by atoms with E-state index in [0.717, 1.165) is 38.3 Å². The van der Waals surface area contributed by atoms with Crippen LogP contribution in [0.1, 0.15) is 18.1 Å². The van der Waals surface area contributed by atoms with Gasteiger partial charge in [-0.25, -0.2) is 0 Å². The van der Waals surface area contributed by atoms with E-state index in [0.29, 0.717) is 0 Å². The molecular weight excluding hydrogens is 224 g/mol. The van der Waals surface area contributed by atoms with Crippen molar-refractivity contribution in [2.24, 2.45) is 0 Å². The first-order chi connectivity index (χ1) is 8.69. The van der Waals surface area contributed by atoms with E-state index in [4.69, 9.17) is 6.42 Å². The van der Waals surface area contributed by atoms with Gasteiger partial charge in [-0.05, 0) is 17.7 Å². The lowest BCUT2D eigenvalue weighted by Gasteiger charge is -2.34. The number of rotatable bonds is 2. The SMILES string of the molecule is C#Cc1ccc(CN2CCN(C(C)=O)CC2)cc1. The van der Waals surface area contributed by atoms with Gasteiger partial charge >= 0.3 is 0 Å². The molecule has 18 heavy (non-hydrogen) atoms. The second-order valence-corrected chi connectivity index (χ2v) is 4.62. The van der Waals surface area contributed by atoms with Crippen LogP contribution in [0.5, 0.6) is 0 Å². The van der Waals surface area contributed by atoms with Crippen LogP contribution in [0.15, 0.2) is 24.3 Å². The zero-order chi connectivity index (χ0) is 13.0. The van der Waals surface area contributed by atoms with Crippen molar-refractivity contribution in [2.75, 3.05) is 26.2 Å². The largest absolute Gasteiger partial charge is 0.340 e. The second kappa shape index (κ2) is 5.70. The highest BCUT2D eigenvalue weighted by molar-refractivity contribution is 5.73. The van der Waals surface area contributed by atoms with Gasteiger partial charge in [-0.2, -0.15) is 0 Å². The molecule has 1 saturated heterocycles. The van der Waals surface area contributed by atoms with Gasteiger partial charge < -0.3 is 4.90 Å². The van der Waals surface area contributed by atoms with Gasteiger partial charge in [-0.1, -0.05) is 18.1 Å². The van der Waals surface area contributed by atoms with Crippen LogP contribution in [0.25, 0.3) is 0 Å². The van der Waals surface area contributed by atoms with Gasteiger partial charge in [0.25, 0.3) is 0 Å². The van der Waals surface area contributed by atoms with Crippen molar-refractivity contribution in [3.63, 3.8) is 0 Å². The molecule has 0 spiro atoms. The van der Waals surface area contributed by atoms with Gasteiger partial charge in [0.1, 0.15) is 0 Å². The Kier molecular flexibility index (Phi) is 4.01. The van der Waals surface area contributed by atoms with E-state index in [2.05, 4.69) is 23.0 Å². The number of benzene rings is 1. The summed E-state index contributed by atoms with van der Waals surface area (Å²) in [6.07, 6.45) is 5.33. The molecule has 0 N–H and O–H groups in total. The molecule has 3 heteroatoms. The molecule has 0 saturated carbocycles. The van der Waals surface area contributed by atoms with E-state index < -0.39 is 0 Å². The number of amides is 1. The third-order valence-electron chi connectivity index (χ3n) is 3.34. The quantitative estimate of drug-likeness (QED) is 0.731. The summed E-state index contributed by atoms with van der Waals surface area (Å²) in [6, 6.07) is 8.10. The minimum Gasteiger partial charge on any atom is -0.340 e. The highest BCUT2D eigenvalue weighted by Crippen LogP contribution is 2.09. The van der Waals surface area contributed by atoms with Crippen LogP contribution in [0, 0.1) is 12.3 Å². The average molecular weight is 242 g/mol. The molecule has 0 bridgehead atoms. The predicted molar refractivity (Wildman–Crippen MR) is 71.9 cm³/mol. The maximum atomic E-state index is 11.2. The first kappa shape index (κ1) is 12.7. The summed E-state index contributed by atoms with van der Waals surface area (Å²) in [5.74, 6) is 2.79. The van der Waals surface area contributed by atoms with Gasteiger partial charge in [0.05, 0.1) is 0 Å². The van der Waals surface area contributed by atoms with E-state index >= 15 is 0 Å². The molecule has 1 aliphatic rings. The van der Waals surface area contributed by atoms with E-state index in [1.807, 2.05) is 17.0 Å². The minimum absolute atomic E-state index is 0.174. The smallest absolute Gasteiger partial charge is 0.219 e. The Morgan fingerprint density at radius 1 is 1.22 bits per heavy atom. The van der Waals surface area contributed by atoms with Crippen molar-refractivity contribution >= 4 is 5.91 Å². The molecule has 0 radical (unpaired) electrons. The van der Waals surface area contributed by atoms with Gasteiger partial charge in [0.15, 0.2) is 0 Å². The van der Waals surface area contributed by atoms with Crippen LogP contribution in [0.4, 0.5) is 0 Å². The fraction of sp³-hybridized carbons (Fsp3) is 0.400. The molecule has 1 aromatic rings. The molecule has 0 aromatic heterocycles. The third kappa shape index (κ3) is 3.12. The standard InChI is InChI=1S/C15H18N2O/c1-3-14-4-6-15(7-5-14)12-16-8-10-17(11-9-16)13(2)18/h1,4-7H,8-12H2,2H3. The van der Waals surface area contributed by atoms with Crippen molar-refractivity contribution in [1.29, 1.82) is 0 Å². The van der Waals surface area contributed by atoms with Crippen LogP contribution in [0.3, 0.4) is 0 Å². The number of hydrogen-bond acceptors (Lipinski definition) is 2. The first-order valence-electron chi connectivity index (χ1n) is 6.22. The van der Waals surface area contributed by atoms with Crippen molar-refractivity contribution in [2.45, 2.75) is 13.5 Å². The van der Waals surface area contributed by atoms with Crippen LogP contribution in [-0.2, 0) is 11.3 Å². The topological polar surface area (TPSA) is 23.6 Å². The fourth-order valence-electron chi connectivity index (χ4n) is 2.19. The molecule has 94 valence electrons. The van der Waals surface area contributed by atoms with Gasteiger partial charge in [-0.15, -0.1) is 6.42 Å². The summed E-state index contributed by atoms with van der Waals surface area (Å²) in [4.78, 5) is 15.5. The summed E-state index contributed by atoms with van der Waals surface area (Å²) in [5.41, 5.74) is 2.19. The number of nitrogens with zero attached hydrogens (tertiary/aromatic N) is 2. The summed E-state index contributed by atoms with van der Waals surface area (Å²) in [5, 5.41) is 0. The van der Waals surface area contributed by atoms with Crippen LogP contribution in [-0.4, -0.2) is 41.9 Å². The zero-order valence-electron chi connectivity index (χ0n) is 10.7. The molecule has 1 amide bonds. The Morgan fingerprint density at radius 2 is 1.83 bits per heavy atom. The average Bonchev–Trinajstić information content (AvgIpc) is 2.40. The van der Waals surface area contributed by atoms with Gasteiger partial charge in [0.2, 0.25) is 5.91 Å². The third-order valence-corrected chi connectivity index (χ3v) is 3.34. The molecule has 0 aliphatic carbocycles. The van der Waals surface area contributed by atoms with Crippen LogP contribution < -0.4 is 0 Å². The lowest BCUT2D eigenvalue weighted by Crippen LogP contribution is -2.47. The Balaban J connectivity index is 1.87. The van der Waals surface area contributed by atoms with Crippen molar-refractivity contribution in [3.8, 4) is 12.3 Å². The number of carbonyl (C=O) groups excluding carboxylic acids is 1. The molecule has 3 nitrogen and oxygen atoms in total. The van der Waals surface area contributed by atoms with Crippen molar-refractivity contribution in [1.82, 2.24) is 9.80 Å². The maximum Gasteiger partial charge on any atom is 0.219 e. The zero-order valence-corrected chi connectivity index (χ0v) is 10.7. The summed E-state index contributed by atoms with van der Waals surface area (Å²) in [6.45, 7) is 6.10. The van der Waals surface area contributed by atoms with E-state index in [-0.39, 0.29) is 5.91 Å². The second-order valence-electron chi connectivity index (χ2n) is 4.62. The Bertz CT molecular complexity index is 450. The molecule has 0 atom stereocenters. The highest BCUT2D eigenvalue weighted by Gasteiger charge is 2.18. The number of terminal acetylenes is 1. The van der Waals surface area contributed by atoms with Crippen LogP contribution in [0.2, 0.25) is 0 Å². The minimum atomic E-state index is 0.174. The Labute approximate surface area is 108 Å². The van der Waals surface area contributed by atoms with E-state index in [1.165, 1.54) is 5.56 Å². The number of hydrogen-bond donors (Lipinski definition) is 0. The molecule has 0 unspecified atom stereocenters. The van der Waals surface area contributed by atoms with Gasteiger partial charge in [-0.3, -0.25) is 9.69 Å². The van der Waals surface area contributed by atoms with Gasteiger partial charge in [0, 0.05) is 45.2 Å². The number of carbonyl (C=O) groups is 1. The van der Waals surface area contributed by atoms with E-state index in [1.54, 1.807) is 6.92 Å². The van der Waals surface area contributed by atoms with E-state index in [9.17, 15) is 4.79 Å². The lowest BCUT2D eigenvalue weighted by molar-refractivity contribution is -0.130. The fourth-order valence-corrected chi connectivity index (χ4v) is 2.19. The predicted octanol–water partition coefficient (Wildman–Crippen LogP) is 1.33. The summed E-state index contributed by atoms with van der Waals surface area (Å²) in [7, 11) is 0. The summed E-state index contributed by atoms with van der Waals surface area (Å²) >= 11 is 0. The van der Waals surface area contributed by atoms with Crippen LogP contribution >= 0.6 is 0 Å². The maximum absolute atomic E-state index is 11.2. The number of piperazine rings is 1. The molecule has 1 aliphatic heterocycles. The molecular formula is C15H18N2O. The molecule has 2 rings (SSSR count). The Morgan fingerprint density at radius 3 is 2.33 bits per heavy atom. The molecule has 1 fully saturated rings. The highest BCUT2D eigenvalue weighted by atomic mass is 16.2. The van der Waals surface area contributed by atoms with Crippen molar-refractivity contribution < 1.29 is 4.79 Å². The molecule has 1 aromatic carbocycles. The lowest BCUT2D eigenvalue weighted by atomic mass is 10.1. The van der Waals surface area contributed by atoms with Crippen molar-refractivity contribution in [3.05, 3.63) is 35.4 Å². The first-order valence-corrected chi connectivity index (χ1v) is 6.22. The Hall–Kier alpha value is -1.79. The normalized spacial score (nSPS) is 16.3. The molecule has 1 heterocycles. The summed E-state index contributed by atoms with van der Waals surface area (Å²) < 4.78 is 0. The monoisotopic (exact) mass is 242 g/mol.